The van der Waals surface area contributed by atoms with Crippen LogP contribution in [-0.4, -0.2) is 9.55 Å². The van der Waals surface area contributed by atoms with Gasteiger partial charge in [-0.3, -0.25) is 0 Å². The molecule has 0 aliphatic rings. The molecule has 0 aliphatic carbocycles. The van der Waals surface area contributed by atoms with Crippen LogP contribution in [-0.2, 0) is 6.54 Å². The number of hydrogen-bond donors (Lipinski definition) is 1. The average Bonchev–Trinajstić information content (AvgIpc) is 2.79. The van der Waals surface area contributed by atoms with Crippen LogP contribution in [0.3, 0.4) is 0 Å². The molecule has 0 saturated carbocycles. The van der Waals surface area contributed by atoms with Crippen LogP contribution < -0.4 is 5.73 Å². The molecule has 3 rings (SSSR count). The monoisotopic (exact) mass is 305 g/mol. The highest BCUT2D eigenvalue weighted by molar-refractivity contribution is 6.33. The predicted octanol–water partition coefficient (Wildman–Crippen LogP) is 4.61. The molecule has 102 valence electrons. The van der Waals surface area contributed by atoms with E-state index in [0.29, 0.717) is 15.7 Å². The number of anilines is 1. The predicted molar refractivity (Wildman–Crippen MR) is 85.3 cm³/mol. The first-order valence-electron chi connectivity index (χ1n) is 6.31. The van der Waals surface area contributed by atoms with E-state index in [9.17, 15) is 0 Å². The van der Waals surface area contributed by atoms with Crippen molar-refractivity contribution in [3.05, 3.63) is 46.4 Å². The molecule has 1 heterocycles. The van der Waals surface area contributed by atoms with Gasteiger partial charge in [0.15, 0.2) is 0 Å². The normalized spacial score (nSPS) is 11.2. The molecule has 0 amide bonds. The van der Waals surface area contributed by atoms with E-state index < -0.39 is 0 Å². The molecule has 0 spiro atoms. The third-order valence-corrected chi connectivity index (χ3v) is 3.82. The molecule has 0 unspecified atom stereocenters. The van der Waals surface area contributed by atoms with Gasteiger partial charge in [0.25, 0.3) is 0 Å². The Balaban J connectivity index is 2.33. The summed E-state index contributed by atoms with van der Waals surface area (Å²) in [6, 6.07) is 11.1. The highest BCUT2D eigenvalue weighted by Gasteiger charge is 2.14. The molecular formula is C15H13Cl2N3. The maximum absolute atomic E-state index is 6.28. The Hall–Kier alpha value is -1.71. The molecule has 0 atom stereocenters. The van der Waals surface area contributed by atoms with Gasteiger partial charge in [-0.1, -0.05) is 23.2 Å². The number of benzene rings is 2. The van der Waals surface area contributed by atoms with Crippen LogP contribution in [0.4, 0.5) is 5.69 Å². The minimum atomic E-state index is 0.635. The number of halogens is 2. The van der Waals surface area contributed by atoms with Gasteiger partial charge in [0.1, 0.15) is 5.82 Å². The minimum absolute atomic E-state index is 0.635. The number of nitrogen functional groups attached to an aromatic ring is 1. The van der Waals surface area contributed by atoms with E-state index in [4.69, 9.17) is 28.9 Å². The second-order valence-corrected chi connectivity index (χ2v) is 5.40. The Morgan fingerprint density at radius 1 is 1.15 bits per heavy atom. The molecule has 2 N–H and O–H groups in total. The highest BCUT2D eigenvalue weighted by Crippen LogP contribution is 2.32. The van der Waals surface area contributed by atoms with Gasteiger partial charge in [-0.2, -0.15) is 0 Å². The number of rotatable bonds is 2. The van der Waals surface area contributed by atoms with Crippen molar-refractivity contribution < 1.29 is 0 Å². The molecule has 0 saturated heterocycles. The van der Waals surface area contributed by atoms with Crippen LogP contribution in [0.5, 0.6) is 0 Å². The van der Waals surface area contributed by atoms with Crippen molar-refractivity contribution in [1.29, 1.82) is 0 Å². The second-order valence-electron chi connectivity index (χ2n) is 4.55. The lowest BCUT2D eigenvalue weighted by Gasteiger charge is -2.08. The number of nitrogens with two attached hydrogens (primary N) is 1. The van der Waals surface area contributed by atoms with Crippen LogP contribution in [0.1, 0.15) is 6.92 Å². The maximum atomic E-state index is 6.28. The first-order valence-corrected chi connectivity index (χ1v) is 7.07. The van der Waals surface area contributed by atoms with Crippen LogP contribution in [0.15, 0.2) is 36.4 Å². The zero-order chi connectivity index (χ0) is 14.3. The summed E-state index contributed by atoms with van der Waals surface area (Å²) >= 11 is 12.4. The van der Waals surface area contributed by atoms with Crippen molar-refractivity contribution in [1.82, 2.24) is 9.55 Å². The zero-order valence-electron chi connectivity index (χ0n) is 10.9. The molecule has 0 fully saturated rings. The molecular weight excluding hydrogens is 293 g/mol. The van der Waals surface area contributed by atoms with Gasteiger partial charge < -0.3 is 10.3 Å². The van der Waals surface area contributed by atoms with E-state index >= 15 is 0 Å². The summed E-state index contributed by atoms with van der Waals surface area (Å²) in [5.74, 6) is 0.807. The lowest BCUT2D eigenvalue weighted by atomic mass is 10.2. The molecule has 0 radical (unpaired) electrons. The highest BCUT2D eigenvalue weighted by atomic mass is 35.5. The van der Waals surface area contributed by atoms with E-state index in [0.717, 1.165) is 29.0 Å². The standard InChI is InChI=1S/C15H13Cl2N3/c1-2-20-14-7-9(16)3-6-13(14)19-15(20)11-8-10(18)4-5-12(11)17/h3-8H,2,18H2,1H3. The Labute approximate surface area is 126 Å². The fraction of sp³-hybridized carbons (Fsp3) is 0.133. The summed E-state index contributed by atoms with van der Waals surface area (Å²) in [6.45, 7) is 2.84. The summed E-state index contributed by atoms with van der Waals surface area (Å²) in [5.41, 5.74) is 9.24. The molecule has 0 bridgehead atoms. The van der Waals surface area contributed by atoms with Gasteiger partial charge in [-0.15, -0.1) is 0 Å². The molecule has 5 heteroatoms. The van der Waals surface area contributed by atoms with Crippen molar-refractivity contribution >= 4 is 39.9 Å². The number of imidazole rings is 1. The number of nitrogens with zero attached hydrogens (tertiary/aromatic N) is 2. The van der Waals surface area contributed by atoms with Crippen LogP contribution in [0.25, 0.3) is 22.4 Å². The molecule has 3 aromatic rings. The van der Waals surface area contributed by atoms with Crippen LogP contribution in [0, 0.1) is 0 Å². The van der Waals surface area contributed by atoms with Crippen molar-refractivity contribution in [3.8, 4) is 11.4 Å². The lowest BCUT2D eigenvalue weighted by molar-refractivity contribution is 0.796. The maximum Gasteiger partial charge on any atom is 0.142 e. The fourth-order valence-electron chi connectivity index (χ4n) is 2.34. The van der Waals surface area contributed by atoms with Gasteiger partial charge in [-0.05, 0) is 43.3 Å². The Morgan fingerprint density at radius 3 is 2.70 bits per heavy atom. The van der Waals surface area contributed by atoms with E-state index in [1.54, 1.807) is 12.1 Å². The van der Waals surface area contributed by atoms with Crippen molar-refractivity contribution in [2.24, 2.45) is 0 Å². The molecule has 0 aliphatic heterocycles. The number of hydrogen-bond acceptors (Lipinski definition) is 2. The van der Waals surface area contributed by atoms with Crippen LogP contribution in [0.2, 0.25) is 10.0 Å². The first-order chi connectivity index (χ1) is 9.60. The first kappa shape index (κ1) is 13.3. The smallest absolute Gasteiger partial charge is 0.142 e. The van der Waals surface area contributed by atoms with Crippen molar-refractivity contribution in [2.45, 2.75) is 13.5 Å². The third kappa shape index (κ3) is 2.13. The number of aryl methyl sites for hydroxylation is 1. The SMILES string of the molecule is CCn1c(-c2cc(N)ccc2Cl)nc2ccc(Cl)cc21. The average molecular weight is 306 g/mol. The van der Waals surface area contributed by atoms with Gasteiger partial charge in [0, 0.05) is 22.8 Å². The summed E-state index contributed by atoms with van der Waals surface area (Å²) < 4.78 is 2.09. The molecule has 20 heavy (non-hydrogen) atoms. The van der Waals surface area contributed by atoms with Gasteiger partial charge in [-0.25, -0.2) is 4.98 Å². The third-order valence-electron chi connectivity index (χ3n) is 3.26. The number of fused-ring (bicyclic) bond motifs is 1. The van der Waals surface area contributed by atoms with E-state index in [1.165, 1.54) is 0 Å². The van der Waals surface area contributed by atoms with Crippen molar-refractivity contribution in [3.63, 3.8) is 0 Å². The molecule has 3 nitrogen and oxygen atoms in total. The molecule has 2 aromatic carbocycles. The Kier molecular flexibility index (Phi) is 3.32. The fourth-order valence-corrected chi connectivity index (χ4v) is 2.70. The van der Waals surface area contributed by atoms with Crippen LogP contribution >= 0.6 is 23.2 Å². The summed E-state index contributed by atoms with van der Waals surface area (Å²) in [6.07, 6.45) is 0. The Bertz CT molecular complexity index is 793. The summed E-state index contributed by atoms with van der Waals surface area (Å²) in [5, 5.41) is 1.33. The van der Waals surface area contributed by atoms with E-state index in [2.05, 4.69) is 16.5 Å². The molecule has 1 aromatic heterocycles. The van der Waals surface area contributed by atoms with Crippen molar-refractivity contribution in [2.75, 3.05) is 5.73 Å². The number of aromatic nitrogens is 2. The van der Waals surface area contributed by atoms with Gasteiger partial charge in [0.05, 0.1) is 16.1 Å². The second kappa shape index (κ2) is 5.00. The summed E-state index contributed by atoms with van der Waals surface area (Å²) in [7, 11) is 0. The lowest BCUT2D eigenvalue weighted by Crippen LogP contribution is -1.98. The Morgan fingerprint density at radius 2 is 1.95 bits per heavy atom. The topological polar surface area (TPSA) is 43.8 Å². The van der Waals surface area contributed by atoms with E-state index in [1.807, 2.05) is 24.3 Å². The van der Waals surface area contributed by atoms with E-state index in [-0.39, 0.29) is 0 Å². The minimum Gasteiger partial charge on any atom is -0.399 e. The summed E-state index contributed by atoms with van der Waals surface area (Å²) in [4.78, 5) is 4.66. The van der Waals surface area contributed by atoms with Gasteiger partial charge in [0.2, 0.25) is 0 Å². The van der Waals surface area contributed by atoms with Gasteiger partial charge >= 0.3 is 0 Å². The zero-order valence-corrected chi connectivity index (χ0v) is 12.4. The largest absolute Gasteiger partial charge is 0.399 e. The quantitative estimate of drug-likeness (QED) is 0.702.